The summed E-state index contributed by atoms with van der Waals surface area (Å²) in [5, 5.41) is 22.9. The molecule has 9 heteroatoms. The van der Waals surface area contributed by atoms with Crippen LogP contribution in [0.4, 0.5) is 5.69 Å². The fourth-order valence-electron chi connectivity index (χ4n) is 3.38. The van der Waals surface area contributed by atoms with Crippen molar-refractivity contribution in [1.29, 1.82) is 0 Å². The largest absolute Gasteiger partial charge is 0.507 e. The highest BCUT2D eigenvalue weighted by Crippen LogP contribution is 2.34. The predicted molar refractivity (Wildman–Crippen MR) is 136 cm³/mol. The fourth-order valence-corrected chi connectivity index (χ4v) is 4.85. The number of nitrogens with zero attached hydrogens (tertiary/aromatic N) is 3. The summed E-state index contributed by atoms with van der Waals surface area (Å²) in [6.45, 7) is 4.04. The number of carbonyl (C=O) groups excluding carboxylic acids is 1. The summed E-state index contributed by atoms with van der Waals surface area (Å²) in [4.78, 5) is 12.6. The van der Waals surface area contributed by atoms with Crippen LogP contribution >= 0.6 is 39.3 Å². The Labute approximate surface area is 209 Å². The van der Waals surface area contributed by atoms with Gasteiger partial charge in [0.1, 0.15) is 5.75 Å². The number of anilines is 1. The molecule has 0 atom stereocenters. The molecule has 0 aliphatic rings. The molecular formula is C24H20BrClN4O2S. The average Bonchev–Trinajstić information content (AvgIpc) is 3.18. The second-order valence-electron chi connectivity index (χ2n) is 7.41. The summed E-state index contributed by atoms with van der Waals surface area (Å²) in [5.74, 6) is 0.494. The fraction of sp³-hybridized carbons (Fsp3) is 0.125. The first-order chi connectivity index (χ1) is 15.8. The maximum absolute atomic E-state index is 12.6. The summed E-state index contributed by atoms with van der Waals surface area (Å²) >= 11 is 10.8. The Morgan fingerprint density at radius 2 is 1.91 bits per heavy atom. The number of rotatable bonds is 6. The number of amides is 1. The number of halogens is 2. The summed E-state index contributed by atoms with van der Waals surface area (Å²) in [5.41, 5.74) is 4.13. The Hall–Kier alpha value is -2.81. The second-order valence-corrected chi connectivity index (χ2v) is 9.68. The van der Waals surface area contributed by atoms with Crippen LogP contribution in [0.25, 0.3) is 17.1 Å². The molecule has 1 heterocycles. The normalized spacial score (nSPS) is 10.9. The zero-order chi connectivity index (χ0) is 23.5. The van der Waals surface area contributed by atoms with E-state index in [9.17, 15) is 9.90 Å². The number of thioether (sulfide) groups is 1. The molecule has 1 aromatic heterocycles. The number of phenols is 1. The molecular weight excluding hydrogens is 524 g/mol. The van der Waals surface area contributed by atoms with Gasteiger partial charge in [-0.15, -0.1) is 10.2 Å². The molecule has 1 amide bonds. The monoisotopic (exact) mass is 542 g/mol. The van der Waals surface area contributed by atoms with Gasteiger partial charge in [-0.3, -0.25) is 9.36 Å². The molecule has 2 N–H and O–H groups in total. The van der Waals surface area contributed by atoms with Crippen LogP contribution in [-0.4, -0.2) is 31.5 Å². The summed E-state index contributed by atoms with van der Waals surface area (Å²) < 4.78 is 2.70. The van der Waals surface area contributed by atoms with Gasteiger partial charge >= 0.3 is 0 Å². The molecule has 4 aromatic rings. The molecule has 0 fully saturated rings. The van der Waals surface area contributed by atoms with Crippen LogP contribution in [0.5, 0.6) is 5.75 Å². The van der Waals surface area contributed by atoms with Gasteiger partial charge in [-0.2, -0.15) is 0 Å². The molecule has 4 rings (SSSR count). The molecule has 3 aromatic carbocycles. The lowest BCUT2D eigenvalue weighted by molar-refractivity contribution is -0.113. The van der Waals surface area contributed by atoms with Crippen LogP contribution in [-0.2, 0) is 4.79 Å². The Balaban J connectivity index is 1.65. The number of hydrogen-bond donors (Lipinski definition) is 2. The van der Waals surface area contributed by atoms with Gasteiger partial charge in [-0.1, -0.05) is 69.1 Å². The van der Waals surface area contributed by atoms with Crippen molar-refractivity contribution < 1.29 is 9.90 Å². The van der Waals surface area contributed by atoms with E-state index in [0.29, 0.717) is 27.3 Å². The van der Waals surface area contributed by atoms with Crippen molar-refractivity contribution in [1.82, 2.24) is 14.8 Å². The highest BCUT2D eigenvalue weighted by Gasteiger charge is 2.20. The number of aromatic nitrogens is 3. The van der Waals surface area contributed by atoms with Crippen molar-refractivity contribution in [3.8, 4) is 22.8 Å². The van der Waals surface area contributed by atoms with Crippen LogP contribution in [0.3, 0.4) is 0 Å². The highest BCUT2D eigenvalue weighted by atomic mass is 79.9. The topological polar surface area (TPSA) is 80.0 Å². The first-order valence-corrected chi connectivity index (χ1v) is 12.2. The highest BCUT2D eigenvalue weighted by molar-refractivity contribution is 9.10. The molecule has 0 aliphatic carbocycles. The van der Waals surface area contributed by atoms with Gasteiger partial charge in [-0.05, 0) is 55.8 Å². The zero-order valence-electron chi connectivity index (χ0n) is 17.8. The molecule has 6 nitrogen and oxygen atoms in total. The molecule has 0 radical (unpaired) electrons. The number of para-hydroxylation sites is 1. The van der Waals surface area contributed by atoms with E-state index in [-0.39, 0.29) is 17.4 Å². The summed E-state index contributed by atoms with van der Waals surface area (Å²) in [6, 6.07) is 18.3. The molecule has 0 spiro atoms. The van der Waals surface area contributed by atoms with Crippen LogP contribution in [0.1, 0.15) is 11.1 Å². The van der Waals surface area contributed by atoms with E-state index < -0.39 is 0 Å². The first-order valence-electron chi connectivity index (χ1n) is 10.0. The first kappa shape index (κ1) is 23.4. The lowest BCUT2D eigenvalue weighted by Gasteiger charge is -2.14. The number of aromatic hydroxyl groups is 1. The standard InChI is InChI=1S/C24H20BrClN4O2S/c1-14-7-10-20(15(2)11-14)30-23(17-5-3-4-6-21(17)31)28-29-24(30)33-13-22(32)27-19-9-8-16(25)12-18(19)26/h3-12,31H,13H2,1-2H3,(H,27,32). The predicted octanol–water partition coefficient (Wildman–Crippen LogP) is 6.40. The molecule has 0 unspecified atom stereocenters. The van der Waals surface area contributed by atoms with E-state index in [1.54, 1.807) is 30.3 Å². The quantitative estimate of drug-likeness (QED) is 0.275. The van der Waals surface area contributed by atoms with Gasteiger partial charge in [0, 0.05) is 4.47 Å². The Kier molecular flexibility index (Phi) is 7.07. The van der Waals surface area contributed by atoms with Gasteiger partial charge in [0.05, 0.1) is 27.7 Å². The summed E-state index contributed by atoms with van der Waals surface area (Å²) in [7, 11) is 0. The SMILES string of the molecule is Cc1ccc(-n2c(SCC(=O)Nc3ccc(Br)cc3Cl)nnc2-c2ccccc2O)c(C)c1. The molecule has 33 heavy (non-hydrogen) atoms. The van der Waals surface area contributed by atoms with Crippen LogP contribution in [0, 0.1) is 13.8 Å². The molecule has 168 valence electrons. The number of nitrogens with one attached hydrogen (secondary N) is 1. The maximum Gasteiger partial charge on any atom is 0.234 e. The van der Waals surface area contributed by atoms with Crippen molar-refractivity contribution in [2.75, 3.05) is 11.1 Å². The minimum atomic E-state index is -0.219. The molecule has 0 saturated carbocycles. The van der Waals surface area contributed by atoms with E-state index in [0.717, 1.165) is 21.3 Å². The average molecular weight is 544 g/mol. The smallest absolute Gasteiger partial charge is 0.234 e. The van der Waals surface area contributed by atoms with E-state index in [2.05, 4.69) is 37.5 Å². The van der Waals surface area contributed by atoms with E-state index in [1.165, 1.54) is 11.8 Å². The van der Waals surface area contributed by atoms with Gasteiger partial charge < -0.3 is 10.4 Å². The van der Waals surface area contributed by atoms with Crippen molar-refractivity contribution >= 4 is 50.9 Å². The van der Waals surface area contributed by atoms with Crippen LogP contribution in [0.15, 0.2) is 70.3 Å². The summed E-state index contributed by atoms with van der Waals surface area (Å²) in [6.07, 6.45) is 0. The minimum absolute atomic E-state index is 0.107. The lowest BCUT2D eigenvalue weighted by atomic mass is 10.1. The Bertz CT molecular complexity index is 1340. The number of benzene rings is 3. The van der Waals surface area contributed by atoms with Crippen molar-refractivity contribution in [2.24, 2.45) is 0 Å². The molecule has 0 aliphatic heterocycles. The van der Waals surface area contributed by atoms with Crippen LogP contribution < -0.4 is 5.32 Å². The van der Waals surface area contributed by atoms with Crippen LogP contribution in [0.2, 0.25) is 5.02 Å². The van der Waals surface area contributed by atoms with E-state index in [1.807, 2.05) is 42.7 Å². The third-order valence-corrected chi connectivity index (χ3v) is 6.64. The van der Waals surface area contributed by atoms with Gasteiger partial charge in [-0.25, -0.2) is 0 Å². The number of carbonyl (C=O) groups is 1. The van der Waals surface area contributed by atoms with Gasteiger partial charge in [0.2, 0.25) is 5.91 Å². The molecule has 0 bridgehead atoms. The Morgan fingerprint density at radius 1 is 1.12 bits per heavy atom. The molecule has 0 saturated heterocycles. The third-order valence-electron chi connectivity index (χ3n) is 4.91. The maximum atomic E-state index is 12.6. The van der Waals surface area contributed by atoms with Crippen molar-refractivity contribution in [3.05, 3.63) is 81.3 Å². The van der Waals surface area contributed by atoms with Gasteiger partial charge in [0.15, 0.2) is 11.0 Å². The number of phenolic OH excluding ortho intramolecular Hbond substituents is 1. The number of aryl methyl sites for hydroxylation is 2. The third kappa shape index (κ3) is 5.24. The minimum Gasteiger partial charge on any atom is -0.507 e. The van der Waals surface area contributed by atoms with Gasteiger partial charge in [0.25, 0.3) is 0 Å². The van der Waals surface area contributed by atoms with E-state index >= 15 is 0 Å². The van der Waals surface area contributed by atoms with Crippen molar-refractivity contribution in [3.63, 3.8) is 0 Å². The zero-order valence-corrected chi connectivity index (χ0v) is 21.0. The van der Waals surface area contributed by atoms with Crippen molar-refractivity contribution in [2.45, 2.75) is 19.0 Å². The Morgan fingerprint density at radius 3 is 2.64 bits per heavy atom. The lowest BCUT2D eigenvalue weighted by Crippen LogP contribution is -2.15. The van der Waals surface area contributed by atoms with E-state index in [4.69, 9.17) is 11.6 Å². The number of hydrogen-bond acceptors (Lipinski definition) is 5. The second kappa shape index (κ2) is 9.99.